The molecule has 2 atom stereocenters. The highest BCUT2D eigenvalue weighted by atomic mass is 16.6. The lowest BCUT2D eigenvalue weighted by atomic mass is 10.0. The van der Waals surface area contributed by atoms with Crippen LogP contribution in [0.15, 0.2) is 60.7 Å². The van der Waals surface area contributed by atoms with Crippen molar-refractivity contribution in [2.24, 2.45) is 0 Å². The third-order valence-corrected chi connectivity index (χ3v) is 12.8. The van der Waals surface area contributed by atoms with E-state index in [0.29, 0.717) is 35.9 Å². The number of carbonyl (C=O) groups is 2. The average Bonchev–Trinajstić information content (AvgIpc) is 3.33. The second kappa shape index (κ2) is 42.5. The van der Waals surface area contributed by atoms with Gasteiger partial charge in [-0.05, 0) is 38.8 Å². The van der Waals surface area contributed by atoms with Gasteiger partial charge in [0.2, 0.25) is 0 Å². The van der Waals surface area contributed by atoms with Crippen molar-refractivity contribution >= 4 is 22.7 Å². The summed E-state index contributed by atoms with van der Waals surface area (Å²) >= 11 is 0. The summed E-state index contributed by atoms with van der Waals surface area (Å²) in [6.45, 7) is 17.3. The molecule has 2 aromatic rings. The van der Waals surface area contributed by atoms with Crippen LogP contribution in [0.1, 0.15) is 233 Å². The van der Waals surface area contributed by atoms with E-state index in [1.54, 1.807) is 13.8 Å². The third kappa shape index (κ3) is 31.7. The fourth-order valence-electron chi connectivity index (χ4n) is 8.53. The third-order valence-electron chi connectivity index (χ3n) is 12.8. The Labute approximate surface area is 416 Å². The van der Waals surface area contributed by atoms with E-state index in [4.69, 9.17) is 28.4 Å². The van der Waals surface area contributed by atoms with E-state index in [9.17, 15) is 9.59 Å². The molecule has 2 rings (SSSR count). The molecule has 0 saturated heterocycles. The minimum Gasteiger partial charge on any atom is -0.489 e. The van der Waals surface area contributed by atoms with Crippen molar-refractivity contribution in [3.63, 3.8) is 0 Å². The first-order valence-electron chi connectivity index (χ1n) is 27.9. The Morgan fingerprint density at radius 3 is 0.926 bits per heavy atom. The lowest BCUT2D eigenvalue weighted by Gasteiger charge is -2.21. The molecule has 0 amide bonds. The molecular weight excluding hydrogens is 849 g/mol. The summed E-state index contributed by atoms with van der Waals surface area (Å²) in [5.74, 6) is 0.340. The van der Waals surface area contributed by atoms with E-state index in [-0.39, 0.29) is 26.4 Å². The molecule has 388 valence electrons. The number of carbonyl (C=O) groups excluding carboxylic acids is 2. The number of rotatable bonds is 48. The van der Waals surface area contributed by atoms with Gasteiger partial charge in [0.15, 0.2) is 12.2 Å². The zero-order valence-corrected chi connectivity index (χ0v) is 44.2. The summed E-state index contributed by atoms with van der Waals surface area (Å²) < 4.78 is 36.1. The van der Waals surface area contributed by atoms with E-state index in [1.165, 1.54) is 180 Å². The molecule has 0 saturated carbocycles. The average molecular weight is 949 g/mol. The van der Waals surface area contributed by atoms with Gasteiger partial charge < -0.3 is 28.4 Å². The highest BCUT2D eigenvalue weighted by Gasteiger charge is 2.20. The van der Waals surface area contributed by atoms with Crippen LogP contribution in [0.2, 0.25) is 0 Å². The molecule has 0 spiro atoms. The molecule has 0 aliphatic rings. The Morgan fingerprint density at radius 2 is 0.662 bits per heavy atom. The number of fused-ring (bicyclic) bond motifs is 1. The van der Waals surface area contributed by atoms with E-state index >= 15 is 0 Å². The van der Waals surface area contributed by atoms with Crippen molar-refractivity contribution in [2.75, 3.05) is 39.6 Å². The van der Waals surface area contributed by atoms with Crippen LogP contribution in [0.4, 0.5) is 0 Å². The second-order valence-electron chi connectivity index (χ2n) is 19.6. The van der Waals surface area contributed by atoms with Crippen molar-refractivity contribution < 1.29 is 38.0 Å². The van der Waals surface area contributed by atoms with E-state index in [2.05, 4.69) is 27.0 Å². The molecule has 0 aliphatic heterocycles. The van der Waals surface area contributed by atoms with Crippen molar-refractivity contribution in [1.82, 2.24) is 0 Å². The van der Waals surface area contributed by atoms with Crippen LogP contribution in [0.25, 0.3) is 10.8 Å². The number of hydrogen-bond acceptors (Lipinski definition) is 8. The summed E-state index contributed by atoms with van der Waals surface area (Å²) in [5, 5.41) is 1.69. The summed E-state index contributed by atoms with van der Waals surface area (Å²) in [6.07, 6.45) is 41.2. The van der Waals surface area contributed by atoms with Gasteiger partial charge in [-0.2, -0.15) is 0 Å². The molecule has 68 heavy (non-hydrogen) atoms. The summed E-state index contributed by atoms with van der Waals surface area (Å²) in [5.41, 5.74) is 0.662. The van der Waals surface area contributed by atoms with Crippen LogP contribution in [-0.2, 0) is 28.5 Å². The zero-order valence-electron chi connectivity index (χ0n) is 44.2. The van der Waals surface area contributed by atoms with Gasteiger partial charge in [-0.25, -0.2) is 9.59 Å². The molecule has 2 aromatic carbocycles. The van der Waals surface area contributed by atoms with Gasteiger partial charge in [-0.15, -0.1) is 0 Å². The molecule has 8 heteroatoms. The molecule has 0 heterocycles. The molecule has 0 bridgehead atoms. The first kappa shape index (κ1) is 60.8. The lowest BCUT2D eigenvalue weighted by molar-refractivity contribution is -0.150. The predicted octanol–water partition coefficient (Wildman–Crippen LogP) is 17.1. The standard InChI is InChI=1S/C60H100O8/c1-7-9-11-13-15-17-19-21-23-25-27-29-31-33-35-39-45-63-47-53(67-59(61)51(3)4)49-65-57-43-44-58(56-42-38-37-41-55(56)57)66-50-54(68-60(62)52(5)6)48-64-46-40-36-34-32-30-28-26-24-22-20-18-16-14-12-10-8-2/h37-38,41-44,53-54H,3,5,7-36,39-40,45-50H2,1-2,4,6H3. The largest absolute Gasteiger partial charge is 0.489 e. The van der Waals surface area contributed by atoms with Crippen LogP contribution >= 0.6 is 0 Å². The van der Waals surface area contributed by atoms with Crippen LogP contribution in [-0.4, -0.2) is 63.8 Å². The fourth-order valence-corrected chi connectivity index (χ4v) is 8.53. The zero-order chi connectivity index (χ0) is 49.1. The summed E-state index contributed by atoms with van der Waals surface area (Å²) in [7, 11) is 0. The van der Waals surface area contributed by atoms with Crippen molar-refractivity contribution in [2.45, 2.75) is 245 Å². The molecule has 0 radical (unpaired) electrons. The second-order valence-corrected chi connectivity index (χ2v) is 19.6. The van der Waals surface area contributed by atoms with Gasteiger partial charge in [-0.1, -0.05) is 244 Å². The highest BCUT2D eigenvalue weighted by Crippen LogP contribution is 2.33. The van der Waals surface area contributed by atoms with Crippen molar-refractivity contribution in [1.29, 1.82) is 0 Å². The Kier molecular flexibility index (Phi) is 38.0. The normalized spacial score (nSPS) is 12.2. The van der Waals surface area contributed by atoms with Crippen molar-refractivity contribution in [3.05, 3.63) is 60.7 Å². The molecular formula is C60H100O8. The maximum atomic E-state index is 12.6. The fraction of sp³-hybridized carbons (Fsp3) is 0.733. The molecule has 0 fully saturated rings. The Hall–Kier alpha value is -3.36. The maximum absolute atomic E-state index is 12.6. The minimum absolute atomic E-state index is 0.123. The number of benzene rings is 2. The Morgan fingerprint density at radius 1 is 0.397 bits per heavy atom. The number of hydrogen-bond donors (Lipinski definition) is 0. The molecule has 0 aliphatic carbocycles. The highest BCUT2D eigenvalue weighted by molar-refractivity contribution is 5.93. The molecule has 0 N–H and O–H groups in total. The Bertz CT molecular complexity index is 1460. The number of unbranched alkanes of at least 4 members (excludes halogenated alkanes) is 30. The monoisotopic (exact) mass is 949 g/mol. The SMILES string of the molecule is C=C(C)C(=O)OC(COCCCCCCCCCCCCCCCCCC)COc1ccc(OCC(COCCCCCCCCCCCCCCCCCC)OC(=O)C(=C)C)c2ccccc12. The van der Waals surface area contributed by atoms with Crippen LogP contribution in [0.3, 0.4) is 0 Å². The summed E-state index contributed by atoms with van der Waals surface area (Å²) in [6, 6.07) is 11.6. The summed E-state index contributed by atoms with van der Waals surface area (Å²) in [4.78, 5) is 25.1. The van der Waals surface area contributed by atoms with Crippen molar-refractivity contribution in [3.8, 4) is 11.5 Å². The number of esters is 2. The molecule has 2 unspecified atom stereocenters. The van der Waals surface area contributed by atoms with Gasteiger partial charge in [-0.3, -0.25) is 0 Å². The lowest BCUT2D eigenvalue weighted by Crippen LogP contribution is -2.30. The van der Waals surface area contributed by atoms with Crippen LogP contribution in [0, 0.1) is 0 Å². The number of ether oxygens (including phenoxy) is 6. The topological polar surface area (TPSA) is 89.5 Å². The predicted molar refractivity (Wildman–Crippen MR) is 285 cm³/mol. The van der Waals surface area contributed by atoms with E-state index in [0.717, 1.165) is 36.5 Å². The minimum atomic E-state index is -0.599. The van der Waals surface area contributed by atoms with Gasteiger partial charge in [0, 0.05) is 35.1 Å². The van der Waals surface area contributed by atoms with Gasteiger partial charge in [0.05, 0.1) is 13.2 Å². The van der Waals surface area contributed by atoms with E-state index in [1.807, 2.05) is 36.4 Å². The van der Waals surface area contributed by atoms with Crippen LogP contribution < -0.4 is 9.47 Å². The maximum Gasteiger partial charge on any atom is 0.333 e. The smallest absolute Gasteiger partial charge is 0.333 e. The van der Waals surface area contributed by atoms with Gasteiger partial charge >= 0.3 is 11.9 Å². The first-order chi connectivity index (χ1) is 33.3. The molecule has 8 nitrogen and oxygen atoms in total. The van der Waals surface area contributed by atoms with Gasteiger partial charge in [0.25, 0.3) is 0 Å². The van der Waals surface area contributed by atoms with Crippen LogP contribution in [0.5, 0.6) is 11.5 Å². The van der Waals surface area contributed by atoms with Gasteiger partial charge in [0.1, 0.15) is 24.7 Å². The first-order valence-corrected chi connectivity index (χ1v) is 27.9. The quantitative estimate of drug-likeness (QED) is 0.0368. The van der Waals surface area contributed by atoms with E-state index < -0.39 is 24.1 Å². The molecule has 0 aromatic heterocycles. The Balaban J connectivity index is 1.74.